The van der Waals surface area contributed by atoms with Gasteiger partial charge in [-0.1, -0.05) is 28.9 Å². The summed E-state index contributed by atoms with van der Waals surface area (Å²) in [6.07, 6.45) is 3.05. The van der Waals surface area contributed by atoms with Gasteiger partial charge in [-0.15, -0.1) is 0 Å². The normalized spacial score (nSPS) is 10.8. The lowest BCUT2D eigenvalue weighted by molar-refractivity contribution is -0.112. The van der Waals surface area contributed by atoms with E-state index in [2.05, 4.69) is 10.5 Å². The van der Waals surface area contributed by atoms with Crippen LogP contribution in [0.4, 0.5) is 5.88 Å². The topological polar surface area (TPSA) is 86.4 Å². The molecule has 0 saturated carbocycles. The van der Waals surface area contributed by atoms with Gasteiger partial charge < -0.3 is 13.8 Å². The zero-order valence-corrected chi connectivity index (χ0v) is 16.1. The molecule has 2 heterocycles. The van der Waals surface area contributed by atoms with E-state index in [1.54, 1.807) is 19.4 Å². The van der Waals surface area contributed by atoms with E-state index in [9.17, 15) is 9.59 Å². The van der Waals surface area contributed by atoms with Crippen LogP contribution < -0.4 is 10.1 Å². The number of carbonyl (C=O) groups excluding carboxylic acids is 2. The number of ether oxygens (including phenoxy) is 1. The van der Waals surface area contributed by atoms with Crippen molar-refractivity contribution in [2.24, 2.45) is 0 Å². The highest BCUT2D eigenvalue weighted by molar-refractivity contribution is 6.48. The fraction of sp³-hybridized carbons (Fsp3) is 0.0952. The van der Waals surface area contributed by atoms with Gasteiger partial charge in [0.15, 0.2) is 0 Å². The number of benzene rings is 2. The first-order valence-electron chi connectivity index (χ1n) is 8.73. The molecule has 7 nitrogen and oxygen atoms in total. The molecule has 0 spiro atoms. The summed E-state index contributed by atoms with van der Waals surface area (Å²) in [5, 5.41) is 7.18. The Morgan fingerprint density at radius 1 is 1.17 bits per heavy atom. The Kier molecular flexibility index (Phi) is 5.05. The van der Waals surface area contributed by atoms with Crippen LogP contribution in [0, 0.1) is 0 Å². The van der Waals surface area contributed by atoms with Crippen LogP contribution in [0.15, 0.2) is 65.4 Å². The highest BCUT2D eigenvalue weighted by Gasteiger charge is 2.23. The second-order valence-corrected chi connectivity index (χ2v) is 6.78. The number of nitrogens with zero attached hydrogens (tertiary/aromatic N) is 2. The third-order valence-corrected chi connectivity index (χ3v) is 4.73. The summed E-state index contributed by atoms with van der Waals surface area (Å²) in [7, 11) is 1.55. The minimum atomic E-state index is -0.810. The monoisotopic (exact) mass is 409 g/mol. The van der Waals surface area contributed by atoms with E-state index in [0.29, 0.717) is 22.7 Å². The Morgan fingerprint density at radius 2 is 1.97 bits per heavy atom. The van der Waals surface area contributed by atoms with E-state index in [-0.39, 0.29) is 11.4 Å². The summed E-state index contributed by atoms with van der Waals surface area (Å²) in [6.45, 7) is 0.511. The third kappa shape index (κ3) is 3.86. The van der Waals surface area contributed by atoms with E-state index in [1.807, 2.05) is 41.0 Å². The van der Waals surface area contributed by atoms with Crippen LogP contribution in [-0.4, -0.2) is 28.5 Å². The molecule has 29 heavy (non-hydrogen) atoms. The molecule has 146 valence electrons. The second-order valence-electron chi connectivity index (χ2n) is 6.34. The maximum absolute atomic E-state index is 12.8. The van der Waals surface area contributed by atoms with Crippen molar-refractivity contribution in [1.29, 1.82) is 0 Å². The molecule has 1 N–H and O–H groups in total. The van der Waals surface area contributed by atoms with E-state index >= 15 is 0 Å². The number of nitrogens with one attached hydrogen (secondary N) is 1. The molecule has 4 aromatic rings. The summed E-state index contributed by atoms with van der Waals surface area (Å²) in [6, 6.07) is 14.3. The van der Waals surface area contributed by atoms with Gasteiger partial charge in [-0.05, 0) is 35.9 Å². The van der Waals surface area contributed by atoms with Gasteiger partial charge >= 0.3 is 0 Å². The first kappa shape index (κ1) is 18.8. The van der Waals surface area contributed by atoms with Crippen molar-refractivity contribution in [2.45, 2.75) is 6.54 Å². The molecule has 0 aliphatic heterocycles. The van der Waals surface area contributed by atoms with Crippen LogP contribution in [-0.2, 0) is 11.3 Å². The number of hydrogen-bond donors (Lipinski definition) is 1. The molecule has 1 amide bonds. The number of hydrogen-bond acceptors (Lipinski definition) is 5. The highest BCUT2D eigenvalue weighted by atomic mass is 35.5. The van der Waals surface area contributed by atoms with Gasteiger partial charge in [0.1, 0.15) is 5.75 Å². The summed E-state index contributed by atoms with van der Waals surface area (Å²) < 4.78 is 12.0. The molecule has 2 aromatic carbocycles. The zero-order chi connectivity index (χ0) is 20.4. The molecule has 0 aliphatic carbocycles. The second kappa shape index (κ2) is 7.81. The molecule has 0 radical (unpaired) electrons. The molecule has 2 aromatic heterocycles. The van der Waals surface area contributed by atoms with E-state index < -0.39 is 11.7 Å². The number of ketones is 1. The lowest BCUT2D eigenvalue weighted by atomic mass is 10.1. The van der Waals surface area contributed by atoms with Gasteiger partial charge in [-0.25, -0.2) is 0 Å². The molecule has 0 saturated heterocycles. The fourth-order valence-electron chi connectivity index (χ4n) is 3.07. The Labute approximate surface area is 170 Å². The van der Waals surface area contributed by atoms with Gasteiger partial charge in [-0.2, -0.15) is 0 Å². The first-order valence-corrected chi connectivity index (χ1v) is 9.10. The smallest absolute Gasteiger partial charge is 0.299 e. The molecular weight excluding hydrogens is 394 g/mol. The van der Waals surface area contributed by atoms with Crippen LogP contribution in [0.3, 0.4) is 0 Å². The van der Waals surface area contributed by atoms with Crippen molar-refractivity contribution in [2.75, 3.05) is 12.4 Å². The molecule has 0 unspecified atom stereocenters. The highest BCUT2D eigenvalue weighted by Crippen LogP contribution is 2.28. The number of fused-ring (bicyclic) bond motifs is 1. The molecular formula is C21H16ClN3O4. The van der Waals surface area contributed by atoms with Crippen molar-refractivity contribution >= 4 is 40.1 Å². The average Bonchev–Trinajstić information content (AvgIpc) is 3.36. The maximum atomic E-state index is 12.8. The Balaban J connectivity index is 1.73. The van der Waals surface area contributed by atoms with Crippen molar-refractivity contribution in [1.82, 2.24) is 9.72 Å². The van der Waals surface area contributed by atoms with E-state index in [1.165, 1.54) is 12.3 Å². The summed E-state index contributed by atoms with van der Waals surface area (Å²) in [5.74, 6) is -0.804. The van der Waals surface area contributed by atoms with Crippen LogP contribution in [0.5, 0.6) is 5.75 Å². The molecule has 0 aliphatic rings. The van der Waals surface area contributed by atoms with E-state index in [4.69, 9.17) is 20.9 Å². The first-order chi connectivity index (χ1) is 14.0. The number of aromatic nitrogens is 2. The fourth-order valence-corrected chi connectivity index (χ4v) is 3.20. The quantitative estimate of drug-likeness (QED) is 0.381. The Hall–Kier alpha value is -3.58. The summed E-state index contributed by atoms with van der Waals surface area (Å²) >= 11 is 5.96. The molecule has 0 bridgehead atoms. The van der Waals surface area contributed by atoms with Gasteiger partial charge in [0.2, 0.25) is 5.88 Å². The lowest BCUT2D eigenvalue weighted by Gasteiger charge is -2.06. The van der Waals surface area contributed by atoms with Crippen LogP contribution in [0.1, 0.15) is 15.9 Å². The number of Topliss-reactive ketones (excluding diaryl/α,β-unsaturated/α-hetero) is 1. The van der Waals surface area contributed by atoms with Gasteiger partial charge in [-0.3, -0.25) is 14.9 Å². The maximum Gasteiger partial charge on any atom is 0.299 e. The minimum absolute atomic E-state index is 0.103. The lowest BCUT2D eigenvalue weighted by Crippen LogP contribution is -2.22. The predicted molar refractivity (Wildman–Crippen MR) is 109 cm³/mol. The molecule has 0 atom stereocenters. The largest absolute Gasteiger partial charge is 0.497 e. The van der Waals surface area contributed by atoms with Crippen LogP contribution >= 0.6 is 11.6 Å². The molecule has 4 rings (SSSR count). The van der Waals surface area contributed by atoms with Crippen molar-refractivity contribution < 1.29 is 18.8 Å². The predicted octanol–water partition coefficient (Wildman–Crippen LogP) is 4.16. The number of carbonyl (C=O) groups is 2. The minimum Gasteiger partial charge on any atom is -0.497 e. The van der Waals surface area contributed by atoms with Gasteiger partial charge in [0.05, 0.1) is 18.9 Å². The third-order valence-electron chi connectivity index (χ3n) is 4.48. The molecule has 8 heteroatoms. The van der Waals surface area contributed by atoms with Gasteiger partial charge in [0.25, 0.3) is 11.7 Å². The average molecular weight is 410 g/mol. The van der Waals surface area contributed by atoms with Crippen molar-refractivity contribution in [3.8, 4) is 5.75 Å². The summed E-state index contributed by atoms with van der Waals surface area (Å²) in [5.41, 5.74) is 2.08. The standard InChI is InChI=1S/C21H16ClN3O4/c1-28-15-6-7-18-16(10-15)17(20(26)21(27)24-19-8-9-23-29-19)12-25(18)11-13-2-4-14(22)5-3-13/h2-10,12H,11H2,1H3,(H,24,27). The SMILES string of the molecule is COc1ccc2c(c1)c(C(=O)C(=O)Nc1ccno1)cn2Cc1ccc(Cl)cc1. The number of amides is 1. The number of methoxy groups -OCH3 is 1. The molecule has 0 fully saturated rings. The van der Waals surface area contributed by atoms with E-state index in [0.717, 1.165) is 11.1 Å². The van der Waals surface area contributed by atoms with Crippen LogP contribution in [0.2, 0.25) is 5.02 Å². The zero-order valence-electron chi connectivity index (χ0n) is 15.4. The van der Waals surface area contributed by atoms with Crippen LogP contribution in [0.25, 0.3) is 10.9 Å². The summed E-state index contributed by atoms with van der Waals surface area (Å²) in [4.78, 5) is 25.3. The van der Waals surface area contributed by atoms with Crippen molar-refractivity contribution in [3.63, 3.8) is 0 Å². The Morgan fingerprint density at radius 3 is 2.66 bits per heavy atom. The number of halogens is 1. The number of rotatable bonds is 6. The number of anilines is 1. The van der Waals surface area contributed by atoms with Crippen molar-refractivity contribution in [3.05, 3.63) is 77.1 Å². The van der Waals surface area contributed by atoms with Gasteiger partial charge in [0, 0.05) is 34.7 Å². The Bertz CT molecular complexity index is 1180.